The number of nitrogens with one attached hydrogen (secondary N) is 1. The number of aromatic nitrogens is 5. The maximum atomic E-state index is 13.3. The van der Waals surface area contributed by atoms with E-state index >= 15 is 0 Å². The van der Waals surface area contributed by atoms with Crippen LogP contribution >= 0.6 is 15.9 Å². The van der Waals surface area contributed by atoms with Crippen LogP contribution in [0.15, 0.2) is 32.0 Å². The van der Waals surface area contributed by atoms with E-state index in [4.69, 9.17) is 0 Å². The molecular weight excluding hydrogens is 367 g/mol. The zero-order valence-electron chi connectivity index (χ0n) is 10.4. The minimum atomic E-state index is -0.911. The Kier molecular flexibility index (Phi) is 3.29. The summed E-state index contributed by atoms with van der Waals surface area (Å²) in [4.78, 5) is 21.9. The summed E-state index contributed by atoms with van der Waals surface area (Å²) in [5, 5.41) is 23.4. The maximum Gasteiger partial charge on any atom is 0.446 e. The summed E-state index contributed by atoms with van der Waals surface area (Å²) < 4.78 is 18.8. The van der Waals surface area contributed by atoms with Crippen LogP contribution in [0.2, 0.25) is 0 Å². The molecule has 1 aromatic carbocycles. The Morgan fingerprint density at radius 1 is 1.41 bits per heavy atom. The number of hydrogen-bond donors (Lipinski definition) is 1. The molecule has 0 radical (unpaired) electrons. The van der Waals surface area contributed by atoms with Crippen LogP contribution in [0.1, 0.15) is 0 Å². The standard InChI is InChI=1S/C10H4BrFN6O4/c11-5-3-4(1-2-6(5)12)17-9(15-22-10(17)19)7-8(18(20)21)14-16-13-7/h1-3H,(H,13,14,16). The Bertz CT molecular complexity index is 932. The van der Waals surface area contributed by atoms with E-state index in [1.54, 1.807) is 0 Å². The lowest BCUT2D eigenvalue weighted by atomic mass is 10.3. The third kappa shape index (κ3) is 2.18. The molecule has 3 rings (SSSR count). The topological polar surface area (TPSA) is 133 Å². The van der Waals surface area contributed by atoms with Gasteiger partial charge in [0.05, 0.1) is 15.3 Å². The average Bonchev–Trinajstić information content (AvgIpc) is 3.08. The van der Waals surface area contributed by atoms with Gasteiger partial charge in [-0.1, -0.05) is 5.16 Å². The van der Waals surface area contributed by atoms with Crippen LogP contribution in [-0.4, -0.2) is 30.1 Å². The average molecular weight is 371 g/mol. The van der Waals surface area contributed by atoms with Gasteiger partial charge in [-0.15, -0.1) is 10.3 Å². The first kappa shape index (κ1) is 14.1. The van der Waals surface area contributed by atoms with E-state index < -0.39 is 22.3 Å². The number of nitro groups is 1. The summed E-state index contributed by atoms with van der Waals surface area (Å²) >= 11 is 2.98. The van der Waals surface area contributed by atoms with E-state index in [1.165, 1.54) is 12.1 Å². The molecule has 0 amide bonds. The molecule has 3 aromatic rings. The Hall–Kier alpha value is -2.89. The van der Waals surface area contributed by atoms with Gasteiger partial charge in [-0.3, -0.25) is 4.52 Å². The van der Waals surface area contributed by atoms with Gasteiger partial charge >= 0.3 is 11.6 Å². The van der Waals surface area contributed by atoms with E-state index in [0.717, 1.165) is 10.6 Å². The summed E-state index contributed by atoms with van der Waals surface area (Å²) in [6, 6.07) is 3.69. The normalized spacial score (nSPS) is 10.8. The van der Waals surface area contributed by atoms with Gasteiger partial charge in [0.15, 0.2) is 0 Å². The summed E-state index contributed by atoms with van der Waals surface area (Å²) in [6.07, 6.45) is 0. The molecule has 10 nitrogen and oxygen atoms in total. The van der Waals surface area contributed by atoms with Crippen LogP contribution in [-0.2, 0) is 0 Å². The van der Waals surface area contributed by atoms with E-state index in [1.807, 2.05) is 0 Å². The Morgan fingerprint density at radius 3 is 2.86 bits per heavy atom. The molecule has 12 heteroatoms. The van der Waals surface area contributed by atoms with Crippen LogP contribution in [0.5, 0.6) is 0 Å². The second-order valence-electron chi connectivity index (χ2n) is 3.96. The number of aromatic amines is 1. The van der Waals surface area contributed by atoms with Crippen molar-refractivity contribution in [1.82, 2.24) is 25.1 Å². The number of hydrogen-bond acceptors (Lipinski definition) is 7. The summed E-state index contributed by atoms with van der Waals surface area (Å²) in [7, 11) is 0. The lowest BCUT2D eigenvalue weighted by Crippen LogP contribution is -2.13. The van der Waals surface area contributed by atoms with Crippen LogP contribution in [0.3, 0.4) is 0 Å². The molecule has 0 aliphatic carbocycles. The van der Waals surface area contributed by atoms with Crippen LogP contribution < -0.4 is 5.76 Å². The Morgan fingerprint density at radius 2 is 2.18 bits per heavy atom. The van der Waals surface area contributed by atoms with Crippen molar-refractivity contribution >= 4 is 21.7 Å². The molecule has 2 aromatic heterocycles. The number of nitrogens with zero attached hydrogens (tertiary/aromatic N) is 5. The van der Waals surface area contributed by atoms with Crippen molar-refractivity contribution in [1.29, 1.82) is 0 Å². The first-order chi connectivity index (χ1) is 10.5. The van der Waals surface area contributed by atoms with E-state index in [0.29, 0.717) is 0 Å². The van der Waals surface area contributed by atoms with E-state index in [2.05, 4.69) is 41.0 Å². The SMILES string of the molecule is O=c1onc(-c2n[nH]nc2[N+](=O)[O-])n1-c1ccc(F)c(Br)c1. The highest BCUT2D eigenvalue weighted by Crippen LogP contribution is 2.26. The number of rotatable bonds is 3. The minimum absolute atomic E-state index is 0.0960. The van der Waals surface area contributed by atoms with Gasteiger partial charge in [-0.05, 0) is 39.1 Å². The van der Waals surface area contributed by atoms with Crippen molar-refractivity contribution < 1.29 is 13.8 Å². The minimum Gasteiger partial charge on any atom is -0.358 e. The van der Waals surface area contributed by atoms with Crippen molar-refractivity contribution in [2.45, 2.75) is 0 Å². The fraction of sp³-hybridized carbons (Fsp3) is 0. The van der Waals surface area contributed by atoms with Gasteiger partial charge in [0, 0.05) is 0 Å². The second kappa shape index (κ2) is 5.14. The second-order valence-corrected chi connectivity index (χ2v) is 4.81. The zero-order valence-corrected chi connectivity index (χ0v) is 11.9. The van der Waals surface area contributed by atoms with Crippen LogP contribution in [0.25, 0.3) is 17.2 Å². The van der Waals surface area contributed by atoms with Crippen LogP contribution in [0.4, 0.5) is 10.2 Å². The molecule has 0 saturated heterocycles. The molecule has 1 N–H and O–H groups in total. The number of H-pyrrole nitrogens is 1. The monoisotopic (exact) mass is 370 g/mol. The van der Waals surface area contributed by atoms with Gasteiger partial charge < -0.3 is 10.1 Å². The molecule has 0 aliphatic rings. The number of halogens is 2. The molecule has 22 heavy (non-hydrogen) atoms. The third-order valence-electron chi connectivity index (χ3n) is 2.68. The summed E-state index contributed by atoms with van der Waals surface area (Å²) in [5.41, 5.74) is -0.0943. The Labute approximate surface area is 127 Å². The van der Waals surface area contributed by atoms with Gasteiger partial charge in [0.2, 0.25) is 11.5 Å². The highest BCUT2D eigenvalue weighted by atomic mass is 79.9. The highest BCUT2D eigenvalue weighted by Gasteiger charge is 2.28. The van der Waals surface area contributed by atoms with Crippen molar-refractivity contribution in [3.8, 4) is 17.2 Å². The van der Waals surface area contributed by atoms with Gasteiger partial charge in [0.1, 0.15) is 5.82 Å². The van der Waals surface area contributed by atoms with Crippen molar-refractivity contribution in [3.63, 3.8) is 0 Å². The predicted octanol–water partition coefficient (Wildman–Crippen LogP) is 1.42. The first-order valence-corrected chi connectivity index (χ1v) is 6.38. The molecular formula is C10H4BrFN6O4. The predicted molar refractivity (Wildman–Crippen MR) is 71.8 cm³/mol. The Balaban J connectivity index is 2.24. The van der Waals surface area contributed by atoms with Gasteiger partial charge in [0.25, 0.3) is 0 Å². The van der Waals surface area contributed by atoms with Gasteiger partial charge in [-0.25, -0.2) is 13.8 Å². The smallest absolute Gasteiger partial charge is 0.358 e. The highest BCUT2D eigenvalue weighted by molar-refractivity contribution is 9.10. The molecule has 0 aliphatic heterocycles. The van der Waals surface area contributed by atoms with Crippen LogP contribution in [0, 0.1) is 15.9 Å². The van der Waals surface area contributed by atoms with Crippen molar-refractivity contribution in [3.05, 3.63) is 49.2 Å². The van der Waals surface area contributed by atoms with Gasteiger partial charge in [-0.2, -0.15) is 0 Å². The quantitative estimate of drug-likeness (QED) is 0.544. The third-order valence-corrected chi connectivity index (χ3v) is 3.29. The molecule has 0 spiro atoms. The molecule has 0 bridgehead atoms. The molecule has 0 atom stereocenters. The molecule has 0 unspecified atom stereocenters. The van der Waals surface area contributed by atoms with Crippen molar-refractivity contribution in [2.24, 2.45) is 0 Å². The zero-order chi connectivity index (χ0) is 15.9. The lowest BCUT2D eigenvalue weighted by molar-refractivity contribution is -0.388. The fourth-order valence-corrected chi connectivity index (χ4v) is 2.12. The fourth-order valence-electron chi connectivity index (χ4n) is 1.75. The summed E-state index contributed by atoms with van der Waals surface area (Å²) in [5.74, 6) is -2.31. The van der Waals surface area contributed by atoms with Crippen molar-refractivity contribution in [2.75, 3.05) is 0 Å². The molecule has 0 saturated carbocycles. The molecule has 2 heterocycles. The van der Waals surface area contributed by atoms with E-state index in [-0.39, 0.29) is 21.7 Å². The molecule has 112 valence electrons. The maximum absolute atomic E-state index is 13.3. The summed E-state index contributed by atoms with van der Waals surface area (Å²) in [6.45, 7) is 0. The lowest BCUT2D eigenvalue weighted by Gasteiger charge is -2.03. The first-order valence-electron chi connectivity index (χ1n) is 5.58. The van der Waals surface area contributed by atoms with E-state index in [9.17, 15) is 19.3 Å². The number of benzene rings is 1. The molecule has 0 fully saturated rings. The largest absolute Gasteiger partial charge is 0.446 e.